The number of hydrogen-bond acceptors (Lipinski definition) is 9. The van der Waals surface area contributed by atoms with Crippen molar-refractivity contribution in [1.82, 2.24) is 20.0 Å². The Labute approximate surface area is 188 Å². The van der Waals surface area contributed by atoms with Gasteiger partial charge in [-0.25, -0.2) is 9.67 Å². The Morgan fingerprint density at radius 3 is 2.70 bits per heavy atom. The molecule has 13 heteroatoms. The van der Waals surface area contributed by atoms with Crippen LogP contribution < -0.4 is 0 Å². The molecular weight excluding hydrogens is 478 g/mol. The monoisotopic (exact) mass is 492 g/mol. The Balaban J connectivity index is 1.61. The zero-order valence-electron chi connectivity index (χ0n) is 15.0. The summed E-state index contributed by atoms with van der Waals surface area (Å²) < 4.78 is 20.2. The van der Waals surface area contributed by atoms with Gasteiger partial charge in [0.2, 0.25) is 5.95 Å². The molecule has 1 saturated heterocycles. The second-order valence-corrected chi connectivity index (χ2v) is 9.29. The predicted molar refractivity (Wildman–Crippen MR) is 110 cm³/mol. The van der Waals surface area contributed by atoms with Gasteiger partial charge in [0.1, 0.15) is 40.5 Å². The molecule has 0 spiro atoms. The number of ether oxygens (including phenoxy) is 1. The van der Waals surface area contributed by atoms with E-state index in [0.29, 0.717) is 25.6 Å². The van der Waals surface area contributed by atoms with E-state index in [2.05, 4.69) is 15.3 Å². The number of aromatic nitrogens is 4. The van der Waals surface area contributed by atoms with Crippen LogP contribution >= 0.6 is 46.3 Å². The second kappa shape index (κ2) is 9.05. The Hall–Kier alpha value is -1.31. The van der Waals surface area contributed by atoms with Crippen LogP contribution in [0.15, 0.2) is 34.7 Å². The Morgan fingerprint density at radius 2 is 2.03 bits per heavy atom. The Bertz CT molecular complexity index is 1040. The lowest BCUT2D eigenvalue weighted by molar-refractivity contribution is -0.178. The van der Waals surface area contributed by atoms with Crippen LogP contribution in [0.1, 0.15) is 6.04 Å². The van der Waals surface area contributed by atoms with Crippen molar-refractivity contribution in [2.75, 3.05) is 6.61 Å². The largest absolute Gasteiger partial charge is 0.394 e. The summed E-state index contributed by atoms with van der Waals surface area (Å²) in [5.41, 5.74) is -0.554. The van der Waals surface area contributed by atoms with Gasteiger partial charge in [-0.2, -0.15) is 4.39 Å². The zero-order valence-corrected chi connectivity index (χ0v) is 18.1. The van der Waals surface area contributed by atoms with E-state index in [4.69, 9.17) is 27.9 Å². The van der Waals surface area contributed by atoms with Gasteiger partial charge in [0.05, 0.1) is 22.8 Å². The van der Waals surface area contributed by atoms with Crippen molar-refractivity contribution >= 4 is 46.3 Å². The molecule has 4 rings (SSSR count). The van der Waals surface area contributed by atoms with E-state index in [9.17, 15) is 19.7 Å². The highest BCUT2D eigenvalue weighted by Gasteiger charge is 2.46. The van der Waals surface area contributed by atoms with E-state index in [1.54, 1.807) is 18.2 Å². The number of aliphatic hydroxyl groups excluding tert-OH is 3. The number of thiazole rings is 1. The summed E-state index contributed by atoms with van der Waals surface area (Å²) in [7, 11) is 0. The summed E-state index contributed by atoms with van der Waals surface area (Å²) in [6.07, 6.45) is -2.00. The summed E-state index contributed by atoms with van der Waals surface area (Å²) in [5.74, 6) is -0.630. The molecule has 2 aromatic heterocycles. The van der Waals surface area contributed by atoms with Crippen LogP contribution in [0.25, 0.3) is 10.7 Å². The molecule has 8 nitrogen and oxygen atoms in total. The predicted octanol–water partition coefficient (Wildman–Crippen LogP) is 2.62. The zero-order chi connectivity index (χ0) is 21.4. The molecular formula is C17H15Cl2FN4O4S2. The Morgan fingerprint density at radius 1 is 1.23 bits per heavy atom. The van der Waals surface area contributed by atoms with Crippen LogP contribution in [0.2, 0.25) is 10.0 Å². The van der Waals surface area contributed by atoms with Crippen molar-refractivity contribution in [1.29, 1.82) is 0 Å². The van der Waals surface area contributed by atoms with E-state index >= 15 is 0 Å². The molecule has 1 aliphatic heterocycles. The van der Waals surface area contributed by atoms with Crippen LogP contribution in [0.5, 0.6) is 0 Å². The molecule has 0 saturated carbocycles. The highest BCUT2D eigenvalue weighted by molar-refractivity contribution is 7.99. The lowest BCUT2D eigenvalue weighted by Gasteiger charge is -2.41. The molecule has 0 radical (unpaired) electrons. The van der Waals surface area contributed by atoms with Gasteiger partial charge >= 0.3 is 0 Å². The van der Waals surface area contributed by atoms with E-state index < -0.39 is 42.3 Å². The Kier molecular flexibility index (Phi) is 6.61. The molecule has 0 aliphatic carbocycles. The van der Waals surface area contributed by atoms with E-state index in [1.165, 1.54) is 16.3 Å². The van der Waals surface area contributed by atoms with Gasteiger partial charge in [-0.05, 0) is 18.2 Å². The third-order valence-corrected chi connectivity index (χ3v) is 7.23. The minimum atomic E-state index is -1.27. The van der Waals surface area contributed by atoms with Crippen molar-refractivity contribution in [3.63, 3.8) is 0 Å². The number of nitrogens with zero attached hydrogens (tertiary/aromatic N) is 4. The fourth-order valence-corrected chi connectivity index (χ4v) is 5.13. The maximum Gasteiger partial charge on any atom is 0.224 e. The van der Waals surface area contributed by atoms with Gasteiger partial charge in [0.25, 0.3) is 0 Å². The van der Waals surface area contributed by atoms with Crippen molar-refractivity contribution in [2.24, 2.45) is 0 Å². The molecule has 160 valence electrons. The van der Waals surface area contributed by atoms with Gasteiger partial charge in [0.15, 0.2) is 0 Å². The number of benzene rings is 1. The number of rotatable bonds is 5. The van der Waals surface area contributed by atoms with Crippen molar-refractivity contribution in [3.8, 4) is 10.7 Å². The van der Waals surface area contributed by atoms with Crippen LogP contribution in [0, 0.1) is 5.95 Å². The van der Waals surface area contributed by atoms with Gasteiger partial charge in [0, 0.05) is 10.3 Å². The fraction of sp³-hybridized carbons (Fsp3) is 0.353. The second-order valence-electron chi connectivity index (χ2n) is 6.45. The lowest BCUT2D eigenvalue weighted by Crippen LogP contribution is -2.55. The summed E-state index contributed by atoms with van der Waals surface area (Å²) in [6, 6.07) is 3.99. The van der Waals surface area contributed by atoms with Crippen LogP contribution in [0.4, 0.5) is 4.39 Å². The molecule has 30 heavy (non-hydrogen) atoms. The number of aliphatic hydroxyl groups is 3. The first-order valence-electron chi connectivity index (χ1n) is 8.64. The van der Waals surface area contributed by atoms with Gasteiger partial charge in [-0.1, -0.05) is 40.2 Å². The third-order valence-electron chi connectivity index (χ3n) is 4.50. The summed E-state index contributed by atoms with van der Waals surface area (Å²) in [4.78, 5) is 4.39. The molecule has 1 aliphatic rings. The average Bonchev–Trinajstić information content (AvgIpc) is 3.36. The van der Waals surface area contributed by atoms with E-state index in [0.717, 1.165) is 23.1 Å². The molecule has 1 fully saturated rings. The van der Waals surface area contributed by atoms with Gasteiger partial charge in [-0.3, -0.25) is 0 Å². The molecule has 1 aromatic carbocycles. The normalized spacial score (nSPS) is 26.8. The highest BCUT2D eigenvalue weighted by atomic mass is 35.5. The molecule has 3 aromatic rings. The molecule has 3 N–H and O–H groups in total. The summed E-state index contributed by atoms with van der Waals surface area (Å²) in [5, 5.41) is 41.4. The highest BCUT2D eigenvalue weighted by Crippen LogP contribution is 2.39. The van der Waals surface area contributed by atoms with Crippen molar-refractivity contribution < 1.29 is 24.4 Å². The lowest BCUT2D eigenvalue weighted by atomic mass is 9.97. The molecule has 5 atom stereocenters. The third kappa shape index (κ3) is 4.34. The molecule has 0 amide bonds. The van der Waals surface area contributed by atoms with E-state index in [1.807, 2.05) is 0 Å². The maximum atomic E-state index is 13.2. The number of hydrogen-bond donors (Lipinski definition) is 3. The first-order valence-corrected chi connectivity index (χ1v) is 11.2. The van der Waals surface area contributed by atoms with Crippen molar-refractivity contribution in [3.05, 3.63) is 45.8 Å². The molecule has 3 heterocycles. The number of halogens is 3. The first kappa shape index (κ1) is 21.9. The minimum absolute atomic E-state index is 0.295. The summed E-state index contributed by atoms with van der Waals surface area (Å²) >= 11 is 14.2. The number of thioether (sulfide) groups is 1. The van der Waals surface area contributed by atoms with Crippen LogP contribution in [-0.2, 0) is 4.74 Å². The average molecular weight is 493 g/mol. The smallest absolute Gasteiger partial charge is 0.224 e. The standard InChI is InChI=1S/C17H15Cl2FN4O4S2/c18-8-2-1-7(3-9(8)19)30-17-15(27)13(14(26)11(5-25)28-17)24-4-10(22-23-24)16-21-12(20)6-29-16/h1-4,6,11,13-15,17,25-27H,5H2/t11?,13-,14-,15?,17+/m0/s1. The SMILES string of the molecule is OCC1O[C@H](Sc2ccc(Cl)c(Cl)c2)C(O)[C@@H](n2cc(-c3nc(F)cs3)nn2)[C@H]1O. The van der Waals surface area contributed by atoms with E-state index in [-0.39, 0.29) is 0 Å². The maximum absolute atomic E-state index is 13.2. The quantitative estimate of drug-likeness (QED) is 0.497. The van der Waals surface area contributed by atoms with Gasteiger partial charge < -0.3 is 20.1 Å². The fourth-order valence-electron chi connectivity index (χ4n) is 3.05. The van der Waals surface area contributed by atoms with Gasteiger partial charge in [-0.15, -0.1) is 16.4 Å². The first-order chi connectivity index (χ1) is 14.4. The topological polar surface area (TPSA) is 114 Å². The van der Waals surface area contributed by atoms with Crippen LogP contribution in [-0.4, -0.2) is 65.7 Å². The minimum Gasteiger partial charge on any atom is -0.394 e. The molecule has 0 bridgehead atoms. The van der Waals surface area contributed by atoms with Crippen LogP contribution in [0.3, 0.4) is 0 Å². The summed E-state index contributed by atoms with van der Waals surface area (Å²) in [6.45, 7) is -0.470. The van der Waals surface area contributed by atoms with Crippen molar-refractivity contribution in [2.45, 2.75) is 34.7 Å². The molecule has 2 unspecified atom stereocenters.